The molecule has 0 radical (unpaired) electrons. The smallest absolute Gasteiger partial charge is 0.266 e. The predicted octanol–water partition coefficient (Wildman–Crippen LogP) is 4.45. The third-order valence-corrected chi connectivity index (χ3v) is 7.65. The molecule has 0 amide bonds. The second kappa shape index (κ2) is 9.12. The minimum absolute atomic E-state index is 0.145. The molecule has 1 aromatic heterocycles. The summed E-state index contributed by atoms with van der Waals surface area (Å²) in [4.78, 5) is 7.65. The van der Waals surface area contributed by atoms with Crippen molar-refractivity contribution in [2.75, 3.05) is 29.8 Å². The van der Waals surface area contributed by atoms with Crippen LogP contribution in [0.2, 0.25) is 5.02 Å². The van der Waals surface area contributed by atoms with Gasteiger partial charge < -0.3 is 4.90 Å². The van der Waals surface area contributed by atoms with Crippen molar-refractivity contribution >= 4 is 44.5 Å². The maximum Gasteiger partial charge on any atom is 0.266 e. The van der Waals surface area contributed by atoms with Crippen molar-refractivity contribution in [1.29, 1.82) is 0 Å². The molecule has 1 fully saturated rings. The molecule has 3 aromatic rings. The maximum absolute atomic E-state index is 14.8. The number of nitrogens with zero attached hydrogens (tertiary/aromatic N) is 3. The van der Waals surface area contributed by atoms with E-state index in [1.807, 2.05) is 30.1 Å². The first-order chi connectivity index (χ1) is 14.8. The van der Waals surface area contributed by atoms with E-state index in [0.29, 0.717) is 5.69 Å². The molecule has 0 aliphatic carbocycles. The van der Waals surface area contributed by atoms with Gasteiger partial charge >= 0.3 is 0 Å². The number of likely N-dealkylation sites (tertiary alicyclic amines) is 1. The molecular formula is C21H22ClFN4O2S2. The zero-order valence-corrected chi connectivity index (χ0v) is 19.2. The Kier molecular flexibility index (Phi) is 6.47. The van der Waals surface area contributed by atoms with Crippen LogP contribution in [0, 0.1) is 5.82 Å². The van der Waals surface area contributed by atoms with Crippen LogP contribution in [0.1, 0.15) is 12.0 Å². The van der Waals surface area contributed by atoms with E-state index in [2.05, 4.69) is 26.7 Å². The number of likely N-dealkylation sites (N-methyl/N-ethyl adjacent to an activating group) is 1. The highest BCUT2D eigenvalue weighted by Gasteiger charge is 2.29. The molecule has 1 atom stereocenters. The van der Waals surface area contributed by atoms with E-state index >= 15 is 0 Å². The lowest BCUT2D eigenvalue weighted by Gasteiger charge is -2.28. The Morgan fingerprint density at radius 2 is 2.10 bits per heavy atom. The third kappa shape index (κ3) is 5.01. The summed E-state index contributed by atoms with van der Waals surface area (Å²) in [5.74, 6) is -0.709. The van der Waals surface area contributed by atoms with Gasteiger partial charge in [0.2, 0.25) is 0 Å². The van der Waals surface area contributed by atoms with E-state index in [0.717, 1.165) is 32.1 Å². The molecule has 1 aliphatic rings. The fourth-order valence-corrected chi connectivity index (χ4v) is 5.77. The summed E-state index contributed by atoms with van der Waals surface area (Å²) in [7, 11) is -2.27. The van der Waals surface area contributed by atoms with Gasteiger partial charge in [-0.05, 0) is 18.1 Å². The quantitative estimate of drug-likeness (QED) is 0.541. The topological polar surface area (TPSA) is 65.5 Å². The molecule has 1 aliphatic heterocycles. The molecule has 0 saturated carbocycles. The van der Waals surface area contributed by atoms with Gasteiger partial charge in [-0.3, -0.25) is 9.62 Å². The first-order valence-corrected chi connectivity index (χ1v) is 12.5. The van der Waals surface area contributed by atoms with Gasteiger partial charge in [-0.15, -0.1) is 11.3 Å². The molecule has 0 spiro atoms. The first kappa shape index (κ1) is 22.0. The first-order valence-electron chi connectivity index (χ1n) is 9.72. The molecule has 1 N–H and O–H groups in total. The van der Waals surface area contributed by atoms with E-state index in [1.54, 1.807) is 0 Å². The van der Waals surface area contributed by atoms with Gasteiger partial charge in [0.25, 0.3) is 10.0 Å². The van der Waals surface area contributed by atoms with Gasteiger partial charge in [-0.25, -0.2) is 17.8 Å². The molecule has 4 rings (SSSR count). The number of hydrogen-bond acceptors (Lipinski definition) is 6. The fourth-order valence-electron chi connectivity index (χ4n) is 3.76. The highest BCUT2D eigenvalue weighted by Crippen LogP contribution is 2.33. The summed E-state index contributed by atoms with van der Waals surface area (Å²) < 4.78 is 42.2. The Bertz CT molecular complexity index is 1140. The highest BCUT2D eigenvalue weighted by atomic mass is 35.5. The van der Waals surface area contributed by atoms with Gasteiger partial charge in [-0.1, -0.05) is 41.9 Å². The van der Waals surface area contributed by atoms with Crippen LogP contribution in [0.25, 0.3) is 0 Å². The minimum atomic E-state index is -4.13. The van der Waals surface area contributed by atoms with Crippen LogP contribution >= 0.6 is 22.9 Å². The Morgan fingerprint density at radius 1 is 1.32 bits per heavy atom. The highest BCUT2D eigenvalue weighted by molar-refractivity contribution is 7.92. The molecule has 31 heavy (non-hydrogen) atoms. The van der Waals surface area contributed by atoms with Crippen molar-refractivity contribution in [3.05, 3.63) is 69.8 Å². The van der Waals surface area contributed by atoms with E-state index in [9.17, 15) is 12.8 Å². The van der Waals surface area contributed by atoms with Crippen molar-refractivity contribution in [3.63, 3.8) is 0 Å². The normalized spacial score (nSPS) is 17.1. The van der Waals surface area contributed by atoms with Gasteiger partial charge in [0.15, 0.2) is 5.82 Å². The standard InChI is InChI=1S/C21H22ClFN4O2S2/c1-26(16-7-8-27(12-16)11-15-5-3-2-4-6-15)19-10-18(23)20(9-17(19)22)31(28,29)25-21-13-30-14-24-21/h2-6,9-10,13-14,16,25H,7-8,11-12H2,1H3. The van der Waals surface area contributed by atoms with E-state index in [-0.39, 0.29) is 16.9 Å². The number of halogens is 2. The maximum atomic E-state index is 14.8. The van der Waals surface area contributed by atoms with Gasteiger partial charge in [0.05, 0.1) is 16.2 Å². The number of benzene rings is 2. The summed E-state index contributed by atoms with van der Waals surface area (Å²) in [6.45, 7) is 2.59. The third-order valence-electron chi connectivity index (χ3n) is 5.39. The monoisotopic (exact) mass is 480 g/mol. The molecule has 0 bridgehead atoms. The van der Waals surface area contributed by atoms with Crippen LogP contribution in [0.4, 0.5) is 15.9 Å². The summed E-state index contributed by atoms with van der Waals surface area (Å²) in [5.41, 5.74) is 3.21. The molecule has 2 heterocycles. The van der Waals surface area contributed by atoms with Crippen molar-refractivity contribution < 1.29 is 12.8 Å². The van der Waals surface area contributed by atoms with E-state index in [1.165, 1.54) is 33.9 Å². The minimum Gasteiger partial charge on any atom is -0.369 e. The van der Waals surface area contributed by atoms with Crippen molar-refractivity contribution in [2.45, 2.75) is 23.9 Å². The zero-order valence-electron chi connectivity index (χ0n) is 16.8. The van der Waals surface area contributed by atoms with E-state index < -0.39 is 20.7 Å². The number of nitrogens with one attached hydrogen (secondary N) is 1. The Labute approximate surface area is 190 Å². The number of sulfonamides is 1. The van der Waals surface area contributed by atoms with Crippen LogP contribution in [-0.4, -0.2) is 44.5 Å². The van der Waals surface area contributed by atoms with Crippen molar-refractivity contribution in [2.24, 2.45) is 0 Å². The van der Waals surface area contributed by atoms with Crippen LogP contribution < -0.4 is 9.62 Å². The molecule has 6 nitrogen and oxygen atoms in total. The number of rotatable bonds is 7. The fraction of sp³-hybridized carbons (Fsp3) is 0.286. The SMILES string of the molecule is CN(c1cc(F)c(S(=O)(=O)Nc2cscn2)cc1Cl)C1CCN(Cc2ccccc2)C1. The molecule has 164 valence electrons. The number of anilines is 2. The molecule has 1 unspecified atom stereocenters. The lowest BCUT2D eigenvalue weighted by molar-refractivity contribution is 0.326. The van der Waals surface area contributed by atoms with Crippen LogP contribution in [-0.2, 0) is 16.6 Å². The summed E-state index contributed by atoms with van der Waals surface area (Å²) >= 11 is 7.64. The second-order valence-corrected chi connectivity index (χ2v) is 10.3. The van der Waals surface area contributed by atoms with Crippen molar-refractivity contribution in [3.8, 4) is 0 Å². The number of aromatic nitrogens is 1. The zero-order chi connectivity index (χ0) is 22.0. The number of hydrogen-bond donors (Lipinski definition) is 1. The average molecular weight is 481 g/mol. The lowest BCUT2D eigenvalue weighted by atomic mass is 10.2. The van der Waals surface area contributed by atoms with Gasteiger partial charge in [0.1, 0.15) is 10.7 Å². The van der Waals surface area contributed by atoms with Gasteiger partial charge in [0, 0.05) is 44.2 Å². The van der Waals surface area contributed by atoms with Crippen molar-refractivity contribution in [1.82, 2.24) is 9.88 Å². The summed E-state index contributed by atoms with van der Waals surface area (Å²) in [5, 5.41) is 1.71. The molecule has 1 saturated heterocycles. The largest absolute Gasteiger partial charge is 0.369 e. The van der Waals surface area contributed by atoms with Crippen LogP contribution in [0.15, 0.2) is 58.3 Å². The Morgan fingerprint density at radius 3 is 2.81 bits per heavy atom. The van der Waals surface area contributed by atoms with Crippen LogP contribution in [0.3, 0.4) is 0 Å². The number of thiazole rings is 1. The van der Waals surface area contributed by atoms with Gasteiger partial charge in [-0.2, -0.15) is 0 Å². The molecule has 2 aromatic carbocycles. The average Bonchev–Trinajstić information content (AvgIpc) is 3.41. The molecular weight excluding hydrogens is 459 g/mol. The summed E-state index contributed by atoms with van der Waals surface area (Å²) in [6, 6.07) is 12.7. The Hall–Kier alpha value is -2.20. The summed E-state index contributed by atoms with van der Waals surface area (Å²) in [6.07, 6.45) is 0.909. The second-order valence-electron chi connectivity index (χ2n) is 7.49. The Balaban J connectivity index is 1.49. The predicted molar refractivity (Wildman–Crippen MR) is 123 cm³/mol. The lowest BCUT2D eigenvalue weighted by Crippen LogP contribution is -2.34. The van der Waals surface area contributed by atoms with Crippen LogP contribution in [0.5, 0.6) is 0 Å². The molecule has 10 heteroatoms. The van der Waals surface area contributed by atoms with E-state index in [4.69, 9.17) is 11.6 Å².